The van der Waals surface area contributed by atoms with E-state index in [4.69, 9.17) is 4.74 Å². The molecule has 0 aromatic heterocycles. The quantitative estimate of drug-likeness (QED) is 0.357. The first-order valence-corrected chi connectivity index (χ1v) is 9.57. The number of aliphatic imine (C=N–C) groups is 1. The van der Waals surface area contributed by atoms with Gasteiger partial charge in [0.25, 0.3) is 0 Å². The summed E-state index contributed by atoms with van der Waals surface area (Å²) < 4.78 is 44.7. The van der Waals surface area contributed by atoms with E-state index in [9.17, 15) is 13.2 Å². The summed E-state index contributed by atoms with van der Waals surface area (Å²) >= 11 is 0. The summed E-state index contributed by atoms with van der Waals surface area (Å²) in [5.41, 5.74) is 0.0354. The van der Waals surface area contributed by atoms with Gasteiger partial charge in [-0.05, 0) is 19.8 Å². The van der Waals surface area contributed by atoms with Crippen molar-refractivity contribution in [1.82, 2.24) is 15.1 Å². The van der Waals surface area contributed by atoms with Crippen LogP contribution >= 0.6 is 24.0 Å². The molecule has 1 aliphatic carbocycles. The molecule has 4 unspecified atom stereocenters. The molecule has 9 heteroatoms. The molecular weight excluding hydrogens is 472 g/mol. The summed E-state index contributed by atoms with van der Waals surface area (Å²) in [4.78, 5) is 7.98. The summed E-state index contributed by atoms with van der Waals surface area (Å²) in [5.74, 6) is 1.29. The van der Waals surface area contributed by atoms with Gasteiger partial charge in [0, 0.05) is 57.2 Å². The number of guanidine groups is 1. The first-order chi connectivity index (χ1) is 12.2. The van der Waals surface area contributed by atoms with Gasteiger partial charge in [-0.3, -0.25) is 9.89 Å². The molecule has 158 valence electrons. The van der Waals surface area contributed by atoms with Crippen molar-refractivity contribution in [1.29, 1.82) is 0 Å². The average Bonchev–Trinajstić information content (AvgIpc) is 2.61. The van der Waals surface area contributed by atoms with E-state index in [0.717, 1.165) is 25.4 Å². The van der Waals surface area contributed by atoms with Crippen LogP contribution in [0.3, 0.4) is 0 Å². The Balaban J connectivity index is 0.00000261. The van der Waals surface area contributed by atoms with Gasteiger partial charge < -0.3 is 15.0 Å². The van der Waals surface area contributed by atoms with Crippen molar-refractivity contribution < 1.29 is 17.9 Å². The molecule has 2 aliphatic heterocycles. The van der Waals surface area contributed by atoms with E-state index in [-0.39, 0.29) is 35.5 Å². The van der Waals surface area contributed by atoms with Gasteiger partial charge in [-0.25, -0.2) is 0 Å². The van der Waals surface area contributed by atoms with Gasteiger partial charge >= 0.3 is 6.18 Å². The predicted molar refractivity (Wildman–Crippen MR) is 111 cm³/mol. The zero-order valence-corrected chi connectivity index (χ0v) is 18.9. The SMILES string of the molecule is CN=C(NC1C2CCCOC2C1(C)C)N1CCN(C(C)C(F)(F)F)CC1.I. The molecule has 0 aromatic rings. The summed E-state index contributed by atoms with van der Waals surface area (Å²) in [6.07, 6.45) is -1.65. The first-order valence-electron chi connectivity index (χ1n) is 9.57. The van der Waals surface area contributed by atoms with E-state index in [1.54, 1.807) is 7.05 Å². The van der Waals surface area contributed by atoms with Crippen LogP contribution in [0.15, 0.2) is 4.99 Å². The van der Waals surface area contributed by atoms with Crippen molar-refractivity contribution in [3.63, 3.8) is 0 Å². The Labute approximate surface area is 177 Å². The molecule has 0 amide bonds. The molecule has 2 saturated heterocycles. The van der Waals surface area contributed by atoms with E-state index in [0.29, 0.717) is 38.1 Å². The lowest BCUT2D eigenvalue weighted by atomic mass is 9.55. The zero-order valence-electron chi connectivity index (χ0n) is 16.6. The molecule has 4 atom stereocenters. The minimum absolute atomic E-state index is 0. The van der Waals surface area contributed by atoms with Crippen molar-refractivity contribution in [2.45, 2.75) is 58.0 Å². The maximum Gasteiger partial charge on any atom is 0.403 e. The van der Waals surface area contributed by atoms with Crippen LogP contribution in [0.1, 0.15) is 33.6 Å². The Morgan fingerprint density at radius 2 is 1.85 bits per heavy atom. The topological polar surface area (TPSA) is 40.1 Å². The van der Waals surface area contributed by atoms with Gasteiger partial charge in [0.1, 0.15) is 6.04 Å². The van der Waals surface area contributed by atoms with Crippen LogP contribution in [0.4, 0.5) is 13.2 Å². The Morgan fingerprint density at radius 3 is 2.41 bits per heavy atom. The standard InChI is InChI=1S/C18H31F3N4O.HI/c1-12(18(19,20)21)24-7-9-25(10-8-24)16(22-4)23-14-13-6-5-11-26-15(13)17(14,2)3;/h12-15H,5-11H2,1-4H3,(H,22,23);1H. The fourth-order valence-corrected chi connectivity index (χ4v) is 4.78. The summed E-state index contributed by atoms with van der Waals surface area (Å²) in [7, 11) is 1.74. The predicted octanol–water partition coefficient (Wildman–Crippen LogP) is 2.95. The maximum absolute atomic E-state index is 12.9. The Bertz CT molecular complexity index is 535. The van der Waals surface area contributed by atoms with Gasteiger partial charge in [0.15, 0.2) is 5.96 Å². The van der Waals surface area contributed by atoms with Crippen LogP contribution in [0.2, 0.25) is 0 Å². The third-order valence-corrected chi connectivity index (χ3v) is 6.46. The van der Waals surface area contributed by atoms with Gasteiger partial charge in [0.2, 0.25) is 0 Å². The molecule has 0 aromatic carbocycles. The molecule has 0 spiro atoms. The Kier molecular flexibility index (Phi) is 7.33. The second-order valence-electron chi connectivity index (χ2n) is 8.33. The smallest absolute Gasteiger partial charge is 0.377 e. The van der Waals surface area contributed by atoms with Crippen molar-refractivity contribution in [3.8, 4) is 0 Å². The molecule has 0 radical (unpaired) electrons. The van der Waals surface area contributed by atoms with Gasteiger partial charge in [-0.1, -0.05) is 13.8 Å². The first kappa shape index (κ1) is 23.0. The lowest BCUT2D eigenvalue weighted by Crippen LogP contribution is -2.71. The minimum atomic E-state index is -4.17. The second-order valence-corrected chi connectivity index (χ2v) is 8.33. The highest BCUT2D eigenvalue weighted by molar-refractivity contribution is 14.0. The fourth-order valence-electron chi connectivity index (χ4n) is 4.78. The van der Waals surface area contributed by atoms with Gasteiger partial charge in [-0.2, -0.15) is 13.2 Å². The normalized spacial score (nSPS) is 32.8. The number of nitrogens with one attached hydrogen (secondary N) is 1. The average molecular weight is 504 g/mol. The Morgan fingerprint density at radius 1 is 1.22 bits per heavy atom. The Hall–Kier alpha value is -0.290. The monoisotopic (exact) mass is 504 g/mol. The van der Waals surface area contributed by atoms with Gasteiger partial charge in [-0.15, -0.1) is 24.0 Å². The molecule has 5 nitrogen and oxygen atoms in total. The lowest BCUT2D eigenvalue weighted by Gasteiger charge is -2.60. The molecule has 1 saturated carbocycles. The molecule has 3 fully saturated rings. The summed E-state index contributed by atoms with van der Waals surface area (Å²) in [6.45, 7) is 8.40. The number of fused-ring (bicyclic) bond motifs is 1. The van der Waals surface area contributed by atoms with Crippen LogP contribution in [-0.2, 0) is 4.74 Å². The van der Waals surface area contributed by atoms with Crippen LogP contribution in [0.5, 0.6) is 0 Å². The molecule has 2 heterocycles. The summed E-state index contributed by atoms with van der Waals surface area (Å²) in [5, 5.41) is 3.59. The second kappa shape index (κ2) is 8.61. The third kappa shape index (κ3) is 4.49. The number of hydrogen-bond acceptors (Lipinski definition) is 3. The number of ether oxygens (including phenoxy) is 1. The fraction of sp³-hybridized carbons (Fsp3) is 0.944. The minimum Gasteiger partial charge on any atom is -0.377 e. The highest BCUT2D eigenvalue weighted by atomic mass is 127. The maximum atomic E-state index is 12.9. The number of halogens is 4. The van der Waals surface area contributed by atoms with Crippen LogP contribution in [-0.4, -0.2) is 80.0 Å². The van der Waals surface area contributed by atoms with E-state index in [1.807, 2.05) is 0 Å². The van der Waals surface area contributed by atoms with Crippen molar-refractivity contribution in [2.75, 3.05) is 39.8 Å². The van der Waals surface area contributed by atoms with Crippen molar-refractivity contribution in [2.24, 2.45) is 16.3 Å². The van der Waals surface area contributed by atoms with E-state index in [2.05, 4.69) is 29.1 Å². The van der Waals surface area contributed by atoms with Crippen LogP contribution < -0.4 is 5.32 Å². The van der Waals surface area contributed by atoms with Crippen molar-refractivity contribution >= 4 is 29.9 Å². The van der Waals surface area contributed by atoms with E-state index >= 15 is 0 Å². The highest BCUT2D eigenvalue weighted by Gasteiger charge is 2.58. The summed E-state index contributed by atoms with van der Waals surface area (Å²) in [6, 6.07) is -1.11. The largest absolute Gasteiger partial charge is 0.403 e. The molecule has 27 heavy (non-hydrogen) atoms. The number of piperazine rings is 1. The number of nitrogens with zero attached hydrogens (tertiary/aromatic N) is 3. The van der Waals surface area contributed by atoms with Crippen LogP contribution in [0, 0.1) is 11.3 Å². The molecule has 1 N–H and O–H groups in total. The molecule has 3 rings (SSSR count). The highest BCUT2D eigenvalue weighted by Crippen LogP contribution is 2.51. The van der Waals surface area contributed by atoms with Crippen molar-refractivity contribution in [3.05, 3.63) is 0 Å². The number of hydrogen-bond donors (Lipinski definition) is 1. The third-order valence-electron chi connectivity index (χ3n) is 6.46. The lowest BCUT2D eigenvalue weighted by molar-refractivity contribution is -0.189. The molecule has 3 aliphatic rings. The molecular formula is C18H32F3IN4O. The van der Waals surface area contributed by atoms with Crippen LogP contribution in [0.25, 0.3) is 0 Å². The van der Waals surface area contributed by atoms with Gasteiger partial charge in [0.05, 0.1) is 6.10 Å². The van der Waals surface area contributed by atoms with E-state index in [1.165, 1.54) is 11.8 Å². The number of rotatable bonds is 2. The molecule has 0 bridgehead atoms. The number of alkyl halides is 3. The van der Waals surface area contributed by atoms with E-state index < -0.39 is 12.2 Å². The zero-order chi connectivity index (χ0) is 19.1.